The fourth-order valence-corrected chi connectivity index (χ4v) is 6.72. The molecule has 0 radical (unpaired) electrons. The molecule has 4 rings (SSSR count). The predicted octanol–water partition coefficient (Wildman–Crippen LogP) is 4.46. The van der Waals surface area contributed by atoms with Crippen molar-refractivity contribution in [3.63, 3.8) is 0 Å². The summed E-state index contributed by atoms with van der Waals surface area (Å²) < 4.78 is 129. The molecule has 19 heteroatoms. The molecule has 1 amide bonds. The number of halogens is 8. The number of rotatable bonds is 6. The monoisotopic (exact) mass is 643 g/mol. The summed E-state index contributed by atoms with van der Waals surface area (Å²) in [5.74, 6) is -4.03. The van der Waals surface area contributed by atoms with Crippen LogP contribution < -0.4 is 9.50 Å². The lowest BCUT2D eigenvalue weighted by Crippen LogP contribution is -2.30. The predicted molar refractivity (Wildman–Crippen MR) is 124 cm³/mol. The van der Waals surface area contributed by atoms with E-state index in [4.69, 9.17) is 23.2 Å². The summed E-state index contributed by atoms with van der Waals surface area (Å²) in [6.45, 7) is 0.224. The van der Waals surface area contributed by atoms with Gasteiger partial charge < -0.3 is 9.50 Å². The second kappa shape index (κ2) is 9.99. The van der Waals surface area contributed by atoms with E-state index >= 15 is 0 Å². The van der Waals surface area contributed by atoms with Crippen molar-refractivity contribution < 1.29 is 52.2 Å². The zero-order valence-electron chi connectivity index (χ0n) is 19.2. The van der Waals surface area contributed by atoms with Crippen molar-refractivity contribution >= 4 is 49.3 Å². The zero-order chi connectivity index (χ0) is 29.1. The standard InChI is InChI=1S/C20H17Cl2F6N3O6S2/c21-13-6-9(37-39(35,36)20(26,27)28)7-14(22)17(13)16(11-4-5-29-18(11)32)10-2-1-3-15-12(10)8-31(30-15)38(33,34)19(23,24)25/h6-8,10-11,16H,1-5H2,(H,29,32)/t10?,11-,16?/m1/s1. The van der Waals surface area contributed by atoms with Crippen LogP contribution in [0.3, 0.4) is 0 Å². The molecular formula is C20H17Cl2F6N3O6S2. The molecule has 0 bridgehead atoms. The van der Waals surface area contributed by atoms with Gasteiger partial charge in [-0.3, -0.25) is 4.79 Å². The molecule has 1 N–H and O–H groups in total. The van der Waals surface area contributed by atoms with Gasteiger partial charge in [0.2, 0.25) is 5.91 Å². The minimum atomic E-state index is -6.07. The van der Waals surface area contributed by atoms with E-state index in [0.717, 1.165) is 18.3 Å². The average molecular weight is 644 g/mol. The lowest BCUT2D eigenvalue weighted by molar-refractivity contribution is -0.123. The van der Waals surface area contributed by atoms with E-state index in [1.807, 2.05) is 0 Å². The van der Waals surface area contributed by atoms with Crippen LogP contribution in [0.5, 0.6) is 5.75 Å². The first kappa shape index (κ1) is 29.7. The van der Waals surface area contributed by atoms with Gasteiger partial charge in [0.1, 0.15) is 5.75 Å². The van der Waals surface area contributed by atoms with Crippen molar-refractivity contribution in [2.24, 2.45) is 5.92 Å². The van der Waals surface area contributed by atoms with Gasteiger partial charge in [-0.15, -0.1) is 0 Å². The first-order valence-electron chi connectivity index (χ1n) is 11.0. The summed E-state index contributed by atoms with van der Waals surface area (Å²) in [5.41, 5.74) is -11.2. The first-order valence-corrected chi connectivity index (χ1v) is 14.6. The summed E-state index contributed by atoms with van der Waals surface area (Å²) in [6, 6.07) is 1.51. The van der Waals surface area contributed by atoms with Gasteiger partial charge in [0.15, 0.2) is 0 Å². The number of aryl methyl sites for hydroxylation is 1. The molecule has 216 valence electrons. The van der Waals surface area contributed by atoms with Gasteiger partial charge in [0.05, 0.1) is 5.69 Å². The normalized spacial score (nSPS) is 21.4. The van der Waals surface area contributed by atoms with Gasteiger partial charge in [0.25, 0.3) is 0 Å². The Morgan fingerprint density at radius 2 is 1.62 bits per heavy atom. The fraction of sp³-hybridized carbons (Fsp3) is 0.500. The molecule has 2 aliphatic rings. The highest BCUT2D eigenvalue weighted by Crippen LogP contribution is 2.51. The van der Waals surface area contributed by atoms with Crippen LogP contribution in [-0.4, -0.2) is 49.5 Å². The summed E-state index contributed by atoms with van der Waals surface area (Å²) in [6.07, 6.45) is 1.66. The van der Waals surface area contributed by atoms with Crippen LogP contribution in [0, 0.1) is 5.92 Å². The number of nitrogens with one attached hydrogen (secondary N) is 1. The Labute approximate surface area is 227 Å². The van der Waals surface area contributed by atoms with Crippen LogP contribution in [0.15, 0.2) is 18.3 Å². The first-order chi connectivity index (χ1) is 17.8. The number of benzene rings is 1. The number of nitrogens with zero attached hydrogens (tertiary/aromatic N) is 2. The van der Waals surface area contributed by atoms with E-state index in [2.05, 4.69) is 14.6 Å². The maximum atomic E-state index is 13.2. The molecule has 1 aliphatic carbocycles. The Kier molecular flexibility index (Phi) is 7.62. The number of hydrogen-bond donors (Lipinski definition) is 1. The van der Waals surface area contributed by atoms with Crippen LogP contribution >= 0.6 is 23.2 Å². The average Bonchev–Trinajstić information content (AvgIpc) is 3.41. The van der Waals surface area contributed by atoms with Crippen molar-refractivity contribution in [1.82, 2.24) is 14.5 Å². The summed E-state index contributed by atoms with van der Waals surface area (Å²) in [7, 11) is -11.9. The quantitative estimate of drug-likeness (QED) is 0.280. The van der Waals surface area contributed by atoms with Crippen LogP contribution in [0.1, 0.15) is 47.9 Å². The fourth-order valence-electron chi connectivity index (χ4n) is 4.89. The number of fused-ring (bicyclic) bond motifs is 1. The van der Waals surface area contributed by atoms with E-state index in [0.29, 0.717) is 6.42 Å². The molecular weight excluding hydrogens is 627 g/mol. The van der Waals surface area contributed by atoms with Crippen molar-refractivity contribution in [2.45, 2.75) is 48.5 Å². The van der Waals surface area contributed by atoms with Gasteiger partial charge in [-0.2, -0.15) is 52.4 Å². The lowest BCUT2D eigenvalue weighted by Gasteiger charge is -2.34. The van der Waals surface area contributed by atoms with Gasteiger partial charge in [-0.05, 0) is 42.7 Å². The third-order valence-corrected chi connectivity index (χ3v) is 9.37. The van der Waals surface area contributed by atoms with Crippen LogP contribution in [0.2, 0.25) is 10.0 Å². The van der Waals surface area contributed by atoms with Crippen molar-refractivity contribution in [2.75, 3.05) is 6.54 Å². The van der Waals surface area contributed by atoms with E-state index in [1.54, 1.807) is 0 Å². The van der Waals surface area contributed by atoms with Gasteiger partial charge in [-0.1, -0.05) is 23.2 Å². The Morgan fingerprint density at radius 1 is 1.00 bits per heavy atom. The topological polar surface area (TPSA) is 124 Å². The van der Waals surface area contributed by atoms with Crippen LogP contribution in [0.25, 0.3) is 0 Å². The van der Waals surface area contributed by atoms with E-state index in [1.165, 1.54) is 0 Å². The lowest BCUT2D eigenvalue weighted by atomic mass is 9.69. The number of aromatic nitrogens is 2. The van der Waals surface area contributed by atoms with E-state index in [-0.39, 0.29) is 56.8 Å². The Bertz CT molecular complexity index is 1500. The highest BCUT2D eigenvalue weighted by molar-refractivity contribution is 7.90. The van der Waals surface area contributed by atoms with Crippen LogP contribution in [-0.2, 0) is 31.4 Å². The maximum Gasteiger partial charge on any atom is 0.534 e. The third kappa shape index (κ3) is 5.41. The number of alkyl halides is 6. The molecule has 2 aromatic rings. The number of carbonyl (C=O) groups is 1. The van der Waals surface area contributed by atoms with Crippen molar-refractivity contribution in [3.05, 3.63) is 45.2 Å². The highest BCUT2D eigenvalue weighted by Gasteiger charge is 2.50. The summed E-state index contributed by atoms with van der Waals surface area (Å²) in [4.78, 5) is 12.7. The molecule has 1 aliphatic heterocycles. The number of hydrogen-bond acceptors (Lipinski definition) is 7. The minimum absolute atomic E-state index is 0.00131. The molecule has 1 aromatic carbocycles. The summed E-state index contributed by atoms with van der Waals surface area (Å²) >= 11 is 12.7. The molecule has 2 heterocycles. The van der Waals surface area contributed by atoms with Crippen LogP contribution in [0.4, 0.5) is 26.3 Å². The maximum absolute atomic E-state index is 13.2. The second-order valence-electron chi connectivity index (χ2n) is 8.85. The van der Waals surface area contributed by atoms with Crippen molar-refractivity contribution in [3.8, 4) is 5.75 Å². The van der Waals surface area contributed by atoms with Gasteiger partial charge in [-0.25, -0.2) is 0 Å². The highest BCUT2D eigenvalue weighted by atomic mass is 35.5. The van der Waals surface area contributed by atoms with Gasteiger partial charge >= 0.3 is 31.2 Å². The smallest absolute Gasteiger partial charge is 0.376 e. The third-order valence-electron chi connectivity index (χ3n) is 6.50. The Balaban J connectivity index is 1.84. The van der Waals surface area contributed by atoms with Crippen molar-refractivity contribution in [1.29, 1.82) is 0 Å². The Hall–Kier alpha value is -2.24. The van der Waals surface area contributed by atoms with E-state index < -0.39 is 60.6 Å². The Morgan fingerprint density at radius 3 is 2.13 bits per heavy atom. The molecule has 39 heavy (non-hydrogen) atoms. The molecule has 2 unspecified atom stereocenters. The zero-order valence-corrected chi connectivity index (χ0v) is 22.3. The molecule has 1 saturated heterocycles. The second-order valence-corrected chi connectivity index (χ2v) is 13.0. The number of carbonyl (C=O) groups excluding carboxylic acids is 1. The molecule has 3 atom stereocenters. The van der Waals surface area contributed by atoms with Gasteiger partial charge in [0, 0.05) is 46.8 Å². The largest absolute Gasteiger partial charge is 0.534 e. The summed E-state index contributed by atoms with van der Waals surface area (Å²) in [5, 5.41) is 5.50. The molecule has 1 aromatic heterocycles. The molecule has 1 fully saturated rings. The SMILES string of the molecule is O=C1NCC[C@@H]1C(c1c(Cl)cc(OS(=O)(=O)C(F)(F)F)cc1Cl)C1CCCc2nn(S(=O)(=O)C(F)(F)F)cc21. The molecule has 9 nitrogen and oxygen atoms in total. The van der Waals surface area contributed by atoms with E-state index in [9.17, 15) is 48.0 Å². The molecule has 0 saturated carbocycles. The minimum Gasteiger partial charge on any atom is -0.376 e. The number of amides is 1. The molecule has 0 spiro atoms.